The number of methoxy groups -OCH3 is 1. The number of pyridine rings is 1. The molecule has 3 heterocycles. The molecule has 7 nitrogen and oxygen atoms in total. The highest BCUT2D eigenvalue weighted by atomic mass is 16.5. The van der Waals surface area contributed by atoms with Crippen molar-refractivity contribution in [1.82, 2.24) is 14.1 Å². The zero-order valence-electron chi connectivity index (χ0n) is 15.9. The molecule has 0 aliphatic carbocycles. The SMILES string of the molecule is COc1ccccc1-n1ccc(C)c(C(=O)Nc2cnc3n2CCCC3)c1=O. The fourth-order valence-electron chi connectivity index (χ4n) is 3.62. The minimum Gasteiger partial charge on any atom is -0.495 e. The van der Waals surface area contributed by atoms with E-state index in [1.165, 1.54) is 4.57 Å². The van der Waals surface area contributed by atoms with Gasteiger partial charge in [0.1, 0.15) is 23.0 Å². The lowest BCUT2D eigenvalue weighted by Gasteiger charge is -2.17. The Morgan fingerprint density at radius 2 is 2.04 bits per heavy atom. The summed E-state index contributed by atoms with van der Waals surface area (Å²) in [5.74, 6) is 1.73. The molecule has 0 spiro atoms. The first-order chi connectivity index (χ1) is 13.6. The molecular formula is C21H22N4O3. The monoisotopic (exact) mass is 378 g/mol. The second-order valence-corrected chi connectivity index (χ2v) is 6.84. The van der Waals surface area contributed by atoms with Crippen LogP contribution < -0.4 is 15.6 Å². The Kier molecular flexibility index (Phi) is 4.73. The van der Waals surface area contributed by atoms with Gasteiger partial charge < -0.3 is 14.6 Å². The number of aromatic nitrogens is 3. The molecule has 1 amide bonds. The van der Waals surface area contributed by atoms with Crippen LogP contribution in [0.2, 0.25) is 0 Å². The van der Waals surface area contributed by atoms with Crippen molar-refractivity contribution in [3.8, 4) is 11.4 Å². The van der Waals surface area contributed by atoms with Crippen molar-refractivity contribution in [3.05, 3.63) is 70.0 Å². The number of fused-ring (bicyclic) bond motifs is 1. The second-order valence-electron chi connectivity index (χ2n) is 6.84. The summed E-state index contributed by atoms with van der Waals surface area (Å²) in [5, 5.41) is 2.87. The predicted octanol–water partition coefficient (Wildman–Crippen LogP) is 2.94. The molecule has 0 fully saturated rings. The molecule has 0 unspecified atom stereocenters. The summed E-state index contributed by atoms with van der Waals surface area (Å²) in [4.78, 5) is 30.5. The van der Waals surface area contributed by atoms with Crippen LogP contribution in [-0.2, 0) is 13.0 Å². The Bertz CT molecular complexity index is 1100. The minimum absolute atomic E-state index is 0.111. The van der Waals surface area contributed by atoms with Gasteiger partial charge in [0.15, 0.2) is 0 Å². The van der Waals surface area contributed by atoms with E-state index in [0.717, 1.165) is 31.6 Å². The standard InChI is InChI=1S/C21H22N4O3/c1-14-10-12-24(15-7-3-4-8-16(15)28-2)21(27)19(14)20(26)23-18-13-22-17-9-5-6-11-25(17)18/h3-4,7-8,10,12-13H,5-6,9,11H2,1-2H3,(H,23,26). The maximum atomic E-state index is 13.1. The number of para-hydroxylation sites is 2. The molecule has 4 rings (SSSR count). The van der Waals surface area contributed by atoms with E-state index in [0.29, 0.717) is 22.8 Å². The third-order valence-corrected chi connectivity index (χ3v) is 5.08. The lowest BCUT2D eigenvalue weighted by molar-refractivity contribution is 0.102. The van der Waals surface area contributed by atoms with Crippen LogP contribution in [0.3, 0.4) is 0 Å². The summed E-state index contributed by atoms with van der Waals surface area (Å²) in [6.07, 6.45) is 6.38. The Morgan fingerprint density at radius 1 is 1.21 bits per heavy atom. The Labute approximate surface area is 162 Å². The van der Waals surface area contributed by atoms with Gasteiger partial charge in [-0.25, -0.2) is 4.98 Å². The maximum absolute atomic E-state index is 13.1. The number of ether oxygens (including phenoxy) is 1. The van der Waals surface area contributed by atoms with Crippen molar-refractivity contribution in [1.29, 1.82) is 0 Å². The molecule has 1 N–H and O–H groups in total. The molecule has 2 aromatic heterocycles. The molecular weight excluding hydrogens is 356 g/mol. The number of carbonyl (C=O) groups excluding carboxylic acids is 1. The molecule has 1 aliphatic heterocycles. The molecule has 3 aromatic rings. The van der Waals surface area contributed by atoms with Gasteiger partial charge in [-0.1, -0.05) is 12.1 Å². The first kappa shape index (κ1) is 18.0. The molecule has 0 radical (unpaired) electrons. The van der Waals surface area contributed by atoms with E-state index < -0.39 is 5.91 Å². The van der Waals surface area contributed by atoms with Gasteiger partial charge in [0.25, 0.3) is 11.5 Å². The number of nitrogens with one attached hydrogen (secondary N) is 1. The number of anilines is 1. The summed E-state index contributed by atoms with van der Waals surface area (Å²) < 4.78 is 8.81. The zero-order chi connectivity index (χ0) is 19.7. The van der Waals surface area contributed by atoms with E-state index in [9.17, 15) is 9.59 Å². The van der Waals surface area contributed by atoms with Gasteiger partial charge in [0.05, 0.1) is 19.0 Å². The third-order valence-electron chi connectivity index (χ3n) is 5.08. The first-order valence-corrected chi connectivity index (χ1v) is 9.31. The van der Waals surface area contributed by atoms with Gasteiger partial charge in [-0.05, 0) is 43.5 Å². The van der Waals surface area contributed by atoms with Gasteiger partial charge in [-0.2, -0.15) is 0 Å². The van der Waals surface area contributed by atoms with Crippen molar-refractivity contribution in [2.75, 3.05) is 12.4 Å². The molecule has 0 bridgehead atoms. The van der Waals surface area contributed by atoms with Crippen molar-refractivity contribution >= 4 is 11.7 Å². The van der Waals surface area contributed by atoms with E-state index in [-0.39, 0.29) is 11.1 Å². The summed E-state index contributed by atoms with van der Waals surface area (Å²) in [5.41, 5.74) is 0.929. The summed E-state index contributed by atoms with van der Waals surface area (Å²) >= 11 is 0. The number of rotatable bonds is 4. The summed E-state index contributed by atoms with van der Waals surface area (Å²) in [7, 11) is 1.55. The van der Waals surface area contributed by atoms with E-state index in [2.05, 4.69) is 10.3 Å². The number of hydrogen-bond donors (Lipinski definition) is 1. The maximum Gasteiger partial charge on any atom is 0.268 e. The largest absolute Gasteiger partial charge is 0.495 e. The van der Waals surface area contributed by atoms with Gasteiger partial charge >= 0.3 is 0 Å². The second kappa shape index (κ2) is 7.34. The van der Waals surface area contributed by atoms with Crippen LogP contribution in [-0.4, -0.2) is 27.1 Å². The van der Waals surface area contributed by atoms with Crippen LogP contribution in [0.5, 0.6) is 5.75 Å². The molecule has 1 aliphatic rings. The number of carbonyl (C=O) groups is 1. The molecule has 0 saturated heterocycles. The van der Waals surface area contributed by atoms with Crippen LogP contribution in [0.25, 0.3) is 5.69 Å². The predicted molar refractivity (Wildman–Crippen MR) is 106 cm³/mol. The molecule has 28 heavy (non-hydrogen) atoms. The smallest absolute Gasteiger partial charge is 0.268 e. The van der Waals surface area contributed by atoms with Crippen molar-refractivity contribution in [2.45, 2.75) is 32.7 Å². The number of hydrogen-bond acceptors (Lipinski definition) is 4. The molecule has 1 aromatic carbocycles. The molecule has 7 heteroatoms. The minimum atomic E-state index is -0.431. The Morgan fingerprint density at radius 3 is 2.86 bits per heavy atom. The van der Waals surface area contributed by atoms with Gasteiger partial charge in [0, 0.05) is 19.2 Å². The molecule has 0 saturated carbocycles. The van der Waals surface area contributed by atoms with Gasteiger partial charge in [0.2, 0.25) is 0 Å². The zero-order valence-corrected chi connectivity index (χ0v) is 15.9. The molecule has 144 valence electrons. The highest BCUT2D eigenvalue weighted by Gasteiger charge is 2.21. The van der Waals surface area contributed by atoms with Gasteiger partial charge in [-0.15, -0.1) is 0 Å². The fourth-order valence-corrected chi connectivity index (χ4v) is 3.62. The van der Waals surface area contributed by atoms with E-state index in [1.807, 2.05) is 16.7 Å². The van der Waals surface area contributed by atoms with Gasteiger partial charge in [-0.3, -0.25) is 14.2 Å². The average molecular weight is 378 g/mol. The quantitative estimate of drug-likeness (QED) is 0.757. The third kappa shape index (κ3) is 3.09. The average Bonchev–Trinajstić information content (AvgIpc) is 3.11. The Balaban J connectivity index is 1.73. The van der Waals surface area contributed by atoms with Crippen LogP contribution >= 0.6 is 0 Å². The van der Waals surface area contributed by atoms with E-state index in [4.69, 9.17) is 4.74 Å². The highest BCUT2D eigenvalue weighted by molar-refractivity contribution is 6.04. The van der Waals surface area contributed by atoms with Crippen LogP contribution in [0.4, 0.5) is 5.82 Å². The fraction of sp³-hybridized carbons (Fsp3) is 0.286. The summed E-state index contributed by atoms with van der Waals surface area (Å²) in [6.45, 7) is 2.58. The number of amides is 1. The molecule has 0 atom stereocenters. The van der Waals surface area contributed by atoms with Crippen molar-refractivity contribution in [3.63, 3.8) is 0 Å². The number of nitrogens with zero attached hydrogens (tertiary/aromatic N) is 3. The van der Waals surface area contributed by atoms with Crippen LogP contribution in [0.1, 0.15) is 34.6 Å². The normalized spacial score (nSPS) is 13.1. The Hall–Kier alpha value is -3.35. The van der Waals surface area contributed by atoms with E-state index in [1.54, 1.807) is 44.6 Å². The van der Waals surface area contributed by atoms with Crippen LogP contribution in [0, 0.1) is 6.92 Å². The van der Waals surface area contributed by atoms with Crippen molar-refractivity contribution in [2.24, 2.45) is 0 Å². The van der Waals surface area contributed by atoms with Crippen molar-refractivity contribution < 1.29 is 9.53 Å². The lowest BCUT2D eigenvalue weighted by Crippen LogP contribution is -2.30. The first-order valence-electron chi connectivity index (χ1n) is 9.31. The highest BCUT2D eigenvalue weighted by Crippen LogP contribution is 2.22. The van der Waals surface area contributed by atoms with E-state index >= 15 is 0 Å². The van der Waals surface area contributed by atoms with Crippen LogP contribution in [0.15, 0.2) is 47.5 Å². The number of aryl methyl sites for hydroxylation is 2. The lowest BCUT2D eigenvalue weighted by atomic mass is 10.1. The number of benzene rings is 1. The topological polar surface area (TPSA) is 78.2 Å². The number of imidazole rings is 1. The summed E-state index contributed by atoms with van der Waals surface area (Å²) in [6, 6.07) is 8.97.